The van der Waals surface area contributed by atoms with Crippen molar-refractivity contribution in [2.24, 2.45) is 11.8 Å². The van der Waals surface area contributed by atoms with Gasteiger partial charge < -0.3 is 10.4 Å². The van der Waals surface area contributed by atoms with Crippen molar-refractivity contribution in [1.82, 2.24) is 4.90 Å². The van der Waals surface area contributed by atoms with Crippen LogP contribution in [0.5, 0.6) is 0 Å². The van der Waals surface area contributed by atoms with E-state index in [1.165, 1.54) is 43.6 Å². The summed E-state index contributed by atoms with van der Waals surface area (Å²) in [6.45, 7) is 5.69. The molecule has 0 saturated carbocycles. The van der Waals surface area contributed by atoms with Crippen molar-refractivity contribution in [2.75, 3.05) is 25.0 Å². The van der Waals surface area contributed by atoms with Crippen molar-refractivity contribution in [1.29, 1.82) is 0 Å². The summed E-state index contributed by atoms with van der Waals surface area (Å²) in [5, 5.41) is 14.6. The number of hydrogen-bond donors (Lipinski definition) is 2. The van der Waals surface area contributed by atoms with Crippen molar-refractivity contribution < 1.29 is 5.11 Å². The van der Waals surface area contributed by atoms with Crippen LogP contribution in [-0.2, 0) is 0 Å². The van der Waals surface area contributed by atoms with E-state index in [0.29, 0.717) is 12.0 Å². The smallest absolute Gasteiger partial charge is 0.0765 e. The number of piperidine rings is 3. The van der Waals surface area contributed by atoms with E-state index in [4.69, 9.17) is 0 Å². The first-order valence-electron chi connectivity index (χ1n) is 9.03. The molecule has 0 aliphatic carbocycles. The van der Waals surface area contributed by atoms with Crippen LogP contribution < -0.4 is 5.32 Å². The standard InChI is InChI=1S/C19H28N2O/c1-2-13-12-21-10-8-14(13)11-18(21)19(22)16-7-9-20-17-6-4-3-5-15(16)17/h3-6,13-14,16,18-20,22H,2,7-12H2,1H3. The molecule has 2 N–H and O–H groups in total. The molecule has 0 radical (unpaired) electrons. The Morgan fingerprint density at radius 1 is 1.32 bits per heavy atom. The molecule has 3 saturated heterocycles. The molecule has 3 nitrogen and oxygen atoms in total. The zero-order valence-corrected chi connectivity index (χ0v) is 13.5. The minimum atomic E-state index is -0.219. The maximum atomic E-state index is 11.2. The molecule has 4 heterocycles. The molecule has 6 atom stereocenters. The SMILES string of the molecule is CCC1CN2CCC1CC2C(O)C1CCNc2ccccc21. The summed E-state index contributed by atoms with van der Waals surface area (Å²) in [5.41, 5.74) is 2.54. The summed E-state index contributed by atoms with van der Waals surface area (Å²) in [6.07, 6.45) is 4.66. The number of benzene rings is 1. The van der Waals surface area contributed by atoms with E-state index < -0.39 is 0 Å². The Labute approximate surface area is 133 Å². The number of rotatable bonds is 3. The Balaban J connectivity index is 1.55. The first kappa shape index (κ1) is 14.5. The van der Waals surface area contributed by atoms with Crippen LogP contribution >= 0.6 is 0 Å². The molecule has 6 unspecified atom stereocenters. The van der Waals surface area contributed by atoms with E-state index in [0.717, 1.165) is 24.8 Å². The second-order valence-corrected chi connectivity index (χ2v) is 7.41. The van der Waals surface area contributed by atoms with Gasteiger partial charge in [0.1, 0.15) is 0 Å². The largest absolute Gasteiger partial charge is 0.391 e. The van der Waals surface area contributed by atoms with Gasteiger partial charge in [-0.25, -0.2) is 0 Å². The van der Waals surface area contributed by atoms with Crippen LogP contribution in [0.4, 0.5) is 5.69 Å². The van der Waals surface area contributed by atoms with Crippen LogP contribution in [0.2, 0.25) is 0 Å². The molecule has 0 spiro atoms. The molecule has 22 heavy (non-hydrogen) atoms. The van der Waals surface area contributed by atoms with Crippen LogP contribution in [0.1, 0.15) is 44.1 Å². The number of nitrogens with zero attached hydrogens (tertiary/aromatic N) is 1. The number of anilines is 1. The fraction of sp³-hybridized carbons (Fsp3) is 0.684. The van der Waals surface area contributed by atoms with Crippen LogP contribution in [0.15, 0.2) is 24.3 Å². The molecular formula is C19H28N2O. The van der Waals surface area contributed by atoms with Gasteiger partial charge in [0, 0.05) is 30.7 Å². The number of aliphatic hydroxyl groups is 1. The van der Waals surface area contributed by atoms with Gasteiger partial charge >= 0.3 is 0 Å². The minimum Gasteiger partial charge on any atom is -0.391 e. The molecule has 4 aliphatic rings. The molecule has 3 fully saturated rings. The van der Waals surface area contributed by atoms with Gasteiger partial charge in [0.2, 0.25) is 0 Å². The van der Waals surface area contributed by atoms with Gasteiger partial charge in [-0.2, -0.15) is 0 Å². The molecule has 5 rings (SSSR count). The maximum Gasteiger partial charge on any atom is 0.0765 e. The summed E-state index contributed by atoms with van der Waals surface area (Å²) in [4.78, 5) is 2.59. The van der Waals surface area contributed by atoms with Crippen molar-refractivity contribution in [2.45, 2.75) is 50.7 Å². The number of para-hydroxylation sites is 1. The van der Waals surface area contributed by atoms with E-state index in [1.54, 1.807) is 0 Å². The van der Waals surface area contributed by atoms with Crippen LogP contribution in [0.25, 0.3) is 0 Å². The molecule has 3 heteroatoms. The van der Waals surface area contributed by atoms with E-state index >= 15 is 0 Å². The Hall–Kier alpha value is -1.06. The van der Waals surface area contributed by atoms with Gasteiger partial charge in [0.15, 0.2) is 0 Å². The van der Waals surface area contributed by atoms with Gasteiger partial charge in [0.05, 0.1) is 6.10 Å². The first-order valence-corrected chi connectivity index (χ1v) is 9.03. The fourth-order valence-electron chi connectivity index (χ4n) is 5.12. The highest BCUT2D eigenvalue weighted by molar-refractivity contribution is 5.55. The molecule has 1 aromatic rings. The van der Waals surface area contributed by atoms with Crippen LogP contribution in [-0.4, -0.2) is 41.8 Å². The number of aliphatic hydroxyl groups excluding tert-OH is 1. The van der Waals surface area contributed by atoms with E-state index in [9.17, 15) is 5.11 Å². The van der Waals surface area contributed by atoms with Crippen molar-refractivity contribution >= 4 is 5.69 Å². The first-order chi connectivity index (χ1) is 10.8. The number of fused-ring (bicyclic) bond motifs is 4. The lowest BCUT2D eigenvalue weighted by Gasteiger charge is -2.52. The van der Waals surface area contributed by atoms with Gasteiger partial charge in [-0.3, -0.25) is 4.90 Å². The summed E-state index contributed by atoms with van der Waals surface area (Å²) in [5.74, 6) is 1.99. The molecule has 1 aromatic carbocycles. The van der Waals surface area contributed by atoms with E-state index in [1.807, 2.05) is 0 Å². The van der Waals surface area contributed by atoms with Crippen LogP contribution in [0, 0.1) is 11.8 Å². The quantitative estimate of drug-likeness (QED) is 0.900. The lowest BCUT2D eigenvalue weighted by molar-refractivity contribution is -0.0638. The highest BCUT2D eigenvalue weighted by Crippen LogP contribution is 2.43. The predicted octanol–water partition coefficient (Wildman–Crippen LogP) is 3.07. The molecule has 0 amide bonds. The normalized spacial score (nSPS) is 38.2. The number of nitrogens with one attached hydrogen (secondary N) is 1. The predicted molar refractivity (Wildman–Crippen MR) is 90.2 cm³/mol. The summed E-state index contributed by atoms with van der Waals surface area (Å²) in [7, 11) is 0. The van der Waals surface area contributed by atoms with Crippen LogP contribution in [0.3, 0.4) is 0 Å². The lowest BCUT2D eigenvalue weighted by atomic mass is 9.71. The zero-order chi connectivity index (χ0) is 15.1. The second-order valence-electron chi connectivity index (χ2n) is 7.41. The Morgan fingerprint density at radius 2 is 2.18 bits per heavy atom. The van der Waals surface area contributed by atoms with Gasteiger partial charge in [-0.05, 0) is 49.3 Å². The third kappa shape index (κ3) is 2.35. The Kier molecular flexibility index (Phi) is 3.87. The Bertz CT molecular complexity index is 532. The molecule has 4 aliphatic heterocycles. The third-order valence-corrected chi connectivity index (χ3v) is 6.40. The summed E-state index contributed by atoms with van der Waals surface area (Å²) < 4.78 is 0. The monoisotopic (exact) mass is 300 g/mol. The molecule has 120 valence electrons. The van der Waals surface area contributed by atoms with E-state index in [-0.39, 0.29) is 6.10 Å². The van der Waals surface area contributed by atoms with Gasteiger partial charge in [-0.1, -0.05) is 31.5 Å². The Morgan fingerprint density at radius 3 is 2.95 bits per heavy atom. The zero-order valence-electron chi connectivity index (χ0n) is 13.5. The maximum absolute atomic E-state index is 11.2. The highest BCUT2D eigenvalue weighted by Gasteiger charge is 2.44. The third-order valence-electron chi connectivity index (χ3n) is 6.40. The number of hydrogen-bond acceptors (Lipinski definition) is 3. The molecule has 2 bridgehead atoms. The van der Waals surface area contributed by atoms with E-state index in [2.05, 4.69) is 41.4 Å². The lowest BCUT2D eigenvalue weighted by Crippen LogP contribution is -2.58. The van der Waals surface area contributed by atoms with Crippen molar-refractivity contribution in [3.05, 3.63) is 29.8 Å². The average molecular weight is 300 g/mol. The van der Waals surface area contributed by atoms with Gasteiger partial charge in [-0.15, -0.1) is 0 Å². The van der Waals surface area contributed by atoms with Crippen molar-refractivity contribution in [3.8, 4) is 0 Å². The van der Waals surface area contributed by atoms with Gasteiger partial charge in [0.25, 0.3) is 0 Å². The summed E-state index contributed by atoms with van der Waals surface area (Å²) >= 11 is 0. The minimum absolute atomic E-state index is 0.219. The summed E-state index contributed by atoms with van der Waals surface area (Å²) in [6, 6.07) is 8.90. The molecular weight excluding hydrogens is 272 g/mol. The second kappa shape index (κ2) is 5.86. The topological polar surface area (TPSA) is 35.5 Å². The fourth-order valence-corrected chi connectivity index (χ4v) is 5.12. The highest BCUT2D eigenvalue weighted by atomic mass is 16.3. The van der Waals surface area contributed by atoms with Crippen molar-refractivity contribution in [3.63, 3.8) is 0 Å². The average Bonchev–Trinajstić information content (AvgIpc) is 2.60. The molecule has 0 aromatic heterocycles.